The standard InChI is InChI=1S/C5H7F2O2.Rf/c6-5(7)3-8-1-4-2-9-4;/h4H,1-3H2;/q-1;. The van der Waals surface area contributed by atoms with Gasteiger partial charge in [-0.3, -0.25) is 0 Å². The van der Waals surface area contributed by atoms with Gasteiger partial charge in [0.25, 0.3) is 0 Å². The van der Waals surface area contributed by atoms with E-state index in [1.807, 2.05) is 0 Å². The summed E-state index contributed by atoms with van der Waals surface area (Å²) in [6.45, 7) is 0.380. The van der Waals surface area contributed by atoms with E-state index in [2.05, 4.69) is 4.74 Å². The Morgan fingerprint density at radius 3 is 2.60 bits per heavy atom. The summed E-state index contributed by atoms with van der Waals surface area (Å²) < 4.78 is 31.7. The summed E-state index contributed by atoms with van der Waals surface area (Å²) in [6.07, 6.45) is -1.61. The minimum Gasteiger partial charge on any atom is -0.419 e. The van der Waals surface area contributed by atoms with Crippen molar-refractivity contribution >= 4 is 0 Å². The molecule has 10 heavy (non-hydrogen) atoms. The molecule has 0 radical (unpaired) electrons. The third-order valence-corrected chi connectivity index (χ3v) is 0.917. The Morgan fingerprint density at radius 2 is 2.20 bits per heavy atom. The first kappa shape index (κ1) is 8.78. The van der Waals surface area contributed by atoms with Crippen molar-refractivity contribution in [2.45, 2.75) is 6.10 Å². The van der Waals surface area contributed by atoms with Crippen LogP contribution in [0.4, 0.5) is 8.78 Å². The summed E-state index contributed by atoms with van der Waals surface area (Å²) >= 11 is 0. The maximum atomic E-state index is 11.3. The zero-order chi connectivity index (χ0) is 6.69. The van der Waals surface area contributed by atoms with Gasteiger partial charge in [-0.15, -0.1) is 0 Å². The van der Waals surface area contributed by atoms with Crippen LogP contribution in [-0.4, -0.2) is 25.9 Å². The molecule has 0 spiro atoms. The van der Waals surface area contributed by atoms with Gasteiger partial charge in [0.1, 0.15) is 6.10 Å². The predicted molar refractivity (Wildman–Crippen MR) is 26.0 cm³/mol. The van der Waals surface area contributed by atoms with Crippen molar-refractivity contribution in [2.75, 3.05) is 19.8 Å². The Balaban J connectivity index is 0.000000810. The second-order valence-electron chi connectivity index (χ2n) is 1.81. The van der Waals surface area contributed by atoms with Gasteiger partial charge < -0.3 is 18.3 Å². The van der Waals surface area contributed by atoms with E-state index in [4.69, 9.17) is 4.74 Å². The SMILES string of the molecule is F[C-](F)COCC1CO1.[Rf]. The predicted octanol–water partition coefficient (Wildman–Crippen LogP) is 0.830. The molecule has 0 aliphatic carbocycles. The molecule has 1 heterocycles. The van der Waals surface area contributed by atoms with Crippen LogP contribution >= 0.6 is 0 Å². The van der Waals surface area contributed by atoms with Crippen molar-refractivity contribution in [3.05, 3.63) is 6.43 Å². The molecule has 1 atom stereocenters. The first-order chi connectivity index (χ1) is 4.29. The average molecular weight is 404 g/mol. The Bertz CT molecular complexity index is 85.7. The number of hydrogen-bond donors (Lipinski definition) is 0. The van der Waals surface area contributed by atoms with Crippen molar-refractivity contribution in [1.82, 2.24) is 0 Å². The largest absolute Gasteiger partial charge is 0.419 e. The monoisotopic (exact) mass is 404 g/mol. The molecule has 0 amide bonds. The molecule has 0 aromatic heterocycles. The van der Waals surface area contributed by atoms with Gasteiger partial charge in [-0.25, -0.2) is 0 Å². The van der Waals surface area contributed by atoms with Gasteiger partial charge in [-0.1, -0.05) is 0 Å². The van der Waals surface area contributed by atoms with E-state index in [9.17, 15) is 8.78 Å². The number of epoxide rings is 1. The first-order valence-corrected chi connectivity index (χ1v) is 2.65. The molecule has 1 saturated heterocycles. The van der Waals surface area contributed by atoms with Crippen LogP contribution in [0.2, 0.25) is 0 Å². The van der Waals surface area contributed by atoms with Crippen molar-refractivity contribution in [3.8, 4) is 0 Å². The summed E-state index contributed by atoms with van der Waals surface area (Å²) in [6, 6.07) is 0. The van der Waals surface area contributed by atoms with Crippen LogP contribution in [-0.2, 0) is 9.47 Å². The van der Waals surface area contributed by atoms with Crippen molar-refractivity contribution < 1.29 is 18.3 Å². The molecule has 56 valence electrons. The maximum Gasteiger partial charge on any atom is 0.104 e. The van der Waals surface area contributed by atoms with E-state index in [-0.39, 0.29) is 12.7 Å². The van der Waals surface area contributed by atoms with Crippen LogP contribution in [0.3, 0.4) is 0 Å². The Labute approximate surface area is 51.8 Å². The molecule has 5 heteroatoms. The fourth-order valence-electron chi connectivity index (χ4n) is 0.432. The van der Waals surface area contributed by atoms with E-state index in [1.54, 1.807) is 0 Å². The van der Waals surface area contributed by atoms with Crippen molar-refractivity contribution in [2.24, 2.45) is 0 Å². The second-order valence-corrected chi connectivity index (χ2v) is 1.81. The van der Waals surface area contributed by atoms with E-state index in [0.29, 0.717) is 6.61 Å². The maximum absolute atomic E-state index is 11.3. The Hall–Kier alpha value is -1.22. The van der Waals surface area contributed by atoms with E-state index in [0.717, 1.165) is 0 Å². The van der Waals surface area contributed by atoms with Crippen LogP contribution in [0.25, 0.3) is 0 Å². The summed E-state index contributed by atoms with van der Waals surface area (Å²) in [7, 11) is 0. The third kappa shape index (κ3) is 3.74. The number of rotatable bonds is 4. The van der Waals surface area contributed by atoms with E-state index in [1.165, 1.54) is 0 Å². The number of halogens is 2. The van der Waals surface area contributed by atoms with Gasteiger partial charge in [-0.05, 0) is 6.61 Å². The molecule has 0 aromatic rings. The molecule has 0 N–H and O–H groups in total. The van der Waals surface area contributed by atoms with Crippen molar-refractivity contribution in [1.29, 1.82) is 0 Å². The summed E-state index contributed by atoms with van der Waals surface area (Å²) in [4.78, 5) is 0. The van der Waals surface area contributed by atoms with Crippen LogP contribution in [0.15, 0.2) is 0 Å². The summed E-state index contributed by atoms with van der Waals surface area (Å²) in [5, 5.41) is 0. The van der Waals surface area contributed by atoms with Crippen LogP contribution in [0.1, 0.15) is 0 Å². The van der Waals surface area contributed by atoms with Crippen LogP contribution in [0, 0.1) is 6.43 Å². The molecule has 2 nitrogen and oxygen atoms in total. The van der Waals surface area contributed by atoms with Gasteiger partial charge in [0, 0.05) is 6.43 Å². The fraction of sp³-hybridized carbons (Fsp3) is 0.800. The number of ether oxygens (including phenoxy) is 2. The molecule has 0 saturated carbocycles. The Morgan fingerprint density at radius 1 is 1.60 bits per heavy atom. The topological polar surface area (TPSA) is 21.8 Å². The molecule has 1 aliphatic heterocycles. The minimum absolute atomic E-state index is 0. The molecular formula is C5H7F2O2Rf-. The zero-order valence-electron chi connectivity index (χ0n) is 5.48. The van der Waals surface area contributed by atoms with Crippen molar-refractivity contribution in [3.63, 3.8) is 0 Å². The quantitative estimate of drug-likeness (QED) is 0.512. The fourth-order valence-corrected chi connectivity index (χ4v) is 0.432. The van der Waals surface area contributed by atoms with Crippen LogP contribution < -0.4 is 0 Å². The Kier molecular flexibility index (Phi) is 3.28. The summed E-state index contributed by atoms with van der Waals surface area (Å²) in [5.41, 5.74) is 0. The molecule has 0 bridgehead atoms. The van der Waals surface area contributed by atoms with Crippen LogP contribution in [0.5, 0.6) is 0 Å². The third-order valence-electron chi connectivity index (χ3n) is 0.917. The zero-order valence-corrected chi connectivity index (χ0v) is 11.9. The van der Waals surface area contributed by atoms with Gasteiger partial charge in [0.15, 0.2) is 0 Å². The van der Waals surface area contributed by atoms with E-state index < -0.39 is 13.0 Å². The molecule has 1 aliphatic rings. The molecule has 0 aromatic carbocycles. The first-order valence-electron chi connectivity index (χ1n) is 2.65. The normalized spacial score (nSPS) is 22.5. The average Bonchev–Trinajstić information content (AvgIpc) is 2.48. The smallest absolute Gasteiger partial charge is 0.104 e. The second kappa shape index (κ2) is 3.74. The molecular weight excluding hydrogens is 397 g/mol. The van der Waals surface area contributed by atoms with Gasteiger partial charge in [0.05, 0.1) is 13.2 Å². The molecule has 1 fully saturated rings. The van der Waals surface area contributed by atoms with Gasteiger partial charge in [-0.2, -0.15) is 0 Å². The summed E-state index contributed by atoms with van der Waals surface area (Å²) in [5.74, 6) is 0. The van der Waals surface area contributed by atoms with Gasteiger partial charge in [0.2, 0.25) is 0 Å². The molecule has 1 unspecified atom stereocenters. The molecule has 1 rings (SSSR count). The number of hydrogen-bond acceptors (Lipinski definition) is 2. The van der Waals surface area contributed by atoms with E-state index >= 15 is 0 Å². The minimum atomic E-state index is -1.68. The van der Waals surface area contributed by atoms with Gasteiger partial charge >= 0.3 is 0 Å².